The van der Waals surface area contributed by atoms with Gasteiger partial charge in [-0.3, -0.25) is 0 Å². The first-order valence-electron chi connectivity index (χ1n) is 10.3. The van der Waals surface area contributed by atoms with E-state index < -0.39 is 24.7 Å². The molecule has 0 aromatic heterocycles. The van der Waals surface area contributed by atoms with Crippen LogP contribution in [0, 0.1) is 0 Å². The molecule has 0 fully saturated rings. The maximum atomic E-state index is 13.0. The van der Waals surface area contributed by atoms with Gasteiger partial charge in [-0.2, -0.15) is 8.78 Å². The Morgan fingerprint density at radius 2 is 1.94 bits per heavy atom. The van der Waals surface area contributed by atoms with E-state index in [1.54, 1.807) is 19.1 Å². The van der Waals surface area contributed by atoms with Gasteiger partial charge in [0.15, 0.2) is 0 Å². The minimum Gasteiger partial charge on any atom is -0.463 e. The molecule has 2 heterocycles. The number of esters is 1. The lowest BCUT2D eigenvalue weighted by Crippen LogP contribution is -2.48. The molecule has 0 radical (unpaired) electrons. The summed E-state index contributed by atoms with van der Waals surface area (Å²) in [6.07, 6.45) is 0.846. The van der Waals surface area contributed by atoms with Gasteiger partial charge in [0, 0.05) is 17.8 Å². The first-order chi connectivity index (χ1) is 15.5. The average molecular weight is 443 g/mol. The molecular formula is C23H23F2N3O4. The lowest BCUT2D eigenvalue weighted by Gasteiger charge is -2.32. The summed E-state index contributed by atoms with van der Waals surface area (Å²) >= 11 is 0. The minimum absolute atomic E-state index is 0.123. The van der Waals surface area contributed by atoms with Gasteiger partial charge in [0.05, 0.1) is 30.5 Å². The van der Waals surface area contributed by atoms with Gasteiger partial charge < -0.3 is 25.0 Å². The topological polar surface area (TPSA) is 79.9 Å². The molecule has 7 nitrogen and oxygen atoms in total. The standard InChI is InChI=1S/C23H23F2N3O4/c1-2-31-21(29)19-16(13-28-12-11-14-7-3-5-9-17(14)28)26-23(30)27-20(19)15-8-4-6-10-18(15)32-22(24)25/h3-10,20,22H,2,11-13H2,1H3,(H2,26,27,30)/t20-/m0/s1. The van der Waals surface area contributed by atoms with E-state index in [1.807, 2.05) is 24.3 Å². The van der Waals surface area contributed by atoms with Crippen molar-refractivity contribution < 1.29 is 27.8 Å². The van der Waals surface area contributed by atoms with Gasteiger partial charge in [-0.25, -0.2) is 9.59 Å². The fraction of sp³-hybridized carbons (Fsp3) is 0.304. The maximum absolute atomic E-state index is 13.0. The molecule has 2 aliphatic heterocycles. The molecule has 0 saturated heterocycles. The van der Waals surface area contributed by atoms with Crippen LogP contribution in [0.15, 0.2) is 59.8 Å². The van der Waals surface area contributed by atoms with Crippen molar-refractivity contribution in [3.05, 3.63) is 70.9 Å². The van der Waals surface area contributed by atoms with Crippen LogP contribution in [0.25, 0.3) is 0 Å². The van der Waals surface area contributed by atoms with Gasteiger partial charge in [-0.15, -0.1) is 0 Å². The molecule has 168 valence electrons. The number of ether oxygens (including phenoxy) is 2. The van der Waals surface area contributed by atoms with E-state index in [0.717, 1.165) is 18.7 Å². The van der Waals surface area contributed by atoms with Gasteiger partial charge in [0.1, 0.15) is 5.75 Å². The SMILES string of the molecule is CCOC(=O)C1=C(CN2CCc3ccccc32)NC(=O)N[C@H]1c1ccccc1OC(F)F. The lowest BCUT2D eigenvalue weighted by atomic mass is 9.94. The number of nitrogens with zero attached hydrogens (tertiary/aromatic N) is 1. The van der Waals surface area contributed by atoms with Crippen LogP contribution in [0.5, 0.6) is 5.75 Å². The molecule has 9 heteroatoms. The third-order valence-electron chi connectivity index (χ3n) is 5.43. The fourth-order valence-corrected chi connectivity index (χ4v) is 4.11. The van der Waals surface area contributed by atoms with Crippen LogP contribution < -0.4 is 20.3 Å². The van der Waals surface area contributed by atoms with Crippen LogP contribution in [0.3, 0.4) is 0 Å². The number of urea groups is 1. The van der Waals surface area contributed by atoms with E-state index in [0.29, 0.717) is 5.70 Å². The van der Waals surface area contributed by atoms with Crippen molar-refractivity contribution in [2.45, 2.75) is 26.0 Å². The second-order valence-electron chi connectivity index (χ2n) is 7.36. The molecule has 2 aliphatic rings. The molecule has 0 bridgehead atoms. The number of alkyl halides is 2. The number of rotatable bonds is 7. The highest BCUT2D eigenvalue weighted by atomic mass is 19.3. The predicted octanol–water partition coefficient (Wildman–Crippen LogP) is 3.52. The molecule has 2 aromatic rings. The Morgan fingerprint density at radius 3 is 2.72 bits per heavy atom. The number of fused-ring (bicyclic) bond motifs is 1. The number of hydrogen-bond donors (Lipinski definition) is 2. The van der Waals surface area contributed by atoms with E-state index >= 15 is 0 Å². The van der Waals surface area contributed by atoms with Gasteiger partial charge in [-0.05, 0) is 31.0 Å². The summed E-state index contributed by atoms with van der Waals surface area (Å²) in [5, 5.41) is 5.38. The predicted molar refractivity (Wildman–Crippen MR) is 114 cm³/mol. The number of nitrogens with one attached hydrogen (secondary N) is 2. The Bertz CT molecular complexity index is 1060. The van der Waals surface area contributed by atoms with Crippen LogP contribution >= 0.6 is 0 Å². The van der Waals surface area contributed by atoms with Crippen molar-refractivity contribution in [1.82, 2.24) is 10.6 Å². The van der Waals surface area contributed by atoms with Crippen LogP contribution in [0.2, 0.25) is 0 Å². The number of benzene rings is 2. The number of para-hydroxylation sites is 2. The van der Waals surface area contributed by atoms with Crippen LogP contribution in [0.4, 0.5) is 19.3 Å². The van der Waals surface area contributed by atoms with Crippen molar-refractivity contribution in [2.75, 3.05) is 24.6 Å². The highest BCUT2D eigenvalue weighted by Gasteiger charge is 2.36. The van der Waals surface area contributed by atoms with Gasteiger partial charge in [0.25, 0.3) is 0 Å². The molecular weight excluding hydrogens is 420 g/mol. The molecule has 1 atom stereocenters. The summed E-state index contributed by atoms with van der Waals surface area (Å²) < 4.78 is 35.9. The number of amides is 2. The molecule has 0 spiro atoms. The van der Waals surface area contributed by atoms with Crippen molar-refractivity contribution in [3.8, 4) is 5.75 Å². The summed E-state index contributed by atoms with van der Waals surface area (Å²) in [6.45, 7) is -0.278. The van der Waals surface area contributed by atoms with Gasteiger partial charge in [-0.1, -0.05) is 36.4 Å². The molecule has 2 aromatic carbocycles. The lowest BCUT2D eigenvalue weighted by molar-refractivity contribution is -0.139. The number of halogens is 2. The number of anilines is 1. The number of carbonyl (C=O) groups is 2. The zero-order chi connectivity index (χ0) is 22.7. The Morgan fingerprint density at radius 1 is 1.19 bits per heavy atom. The second kappa shape index (κ2) is 9.25. The molecule has 2 N–H and O–H groups in total. The summed E-state index contributed by atoms with van der Waals surface area (Å²) in [7, 11) is 0. The first-order valence-corrected chi connectivity index (χ1v) is 10.3. The average Bonchev–Trinajstić information content (AvgIpc) is 3.16. The number of hydrogen-bond acceptors (Lipinski definition) is 5. The van der Waals surface area contributed by atoms with Crippen molar-refractivity contribution >= 4 is 17.7 Å². The van der Waals surface area contributed by atoms with Crippen LogP contribution in [-0.2, 0) is 16.0 Å². The van der Waals surface area contributed by atoms with Crippen molar-refractivity contribution in [1.29, 1.82) is 0 Å². The third-order valence-corrected chi connectivity index (χ3v) is 5.43. The minimum atomic E-state index is -3.05. The Balaban J connectivity index is 1.77. The summed E-state index contributed by atoms with van der Waals surface area (Å²) in [4.78, 5) is 27.6. The molecule has 2 amide bonds. The van der Waals surface area contributed by atoms with E-state index in [4.69, 9.17) is 4.74 Å². The molecule has 0 saturated carbocycles. The third kappa shape index (κ3) is 4.37. The molecule has 0 unspecified atom stereocenters. The highest BCUT2D eigenvalue weighted by molar-refractivity contribution is 5.95. The van der Waals surface area contributed by atoms with E-state index in [1.165, 1.54) is 17.7 Å². The van der Waals surface area contributed by atoms with Crippen molar-refractivity contribution in [3.63, 3.8) is 0 Å². The zero-order valence-corrected chi connectivity index (χ0v) is 17.4. The Kier molecular flexibility index (Phi) is 6.25. The second-order valence-corrected chi connectivity index (χ2v) is 7.36. The largest absolute Gasteiger partial charge is 0.463 e. The van der Waals surface area contributed by atoms with E-state index in [9.17, 15) is 18.4 Å². The first kappa shape index (κ1) is 21.6. The quantitative estimate of drug-likeness (QED) is 0.640. The summed E-state index contributed by atoms with van der Waals surface area (Å²) in [5.41, 5.74) is 2.96. The summed E-state index contributed by atoms with van der Waals surface area (Å²) in [6, 6.07) is 12.4. The van der Waals surface area contributed by atoms with E-state index in [2.05, 4.69) is 20.3 Å². The number of carbonyl (C=O) groups excluding carboxylic acids is 2. The Labute approximate surface area is 184 Å². The monoisotopic (exact) mass is 443 g/mol. The zero-order valence-electron chi connectivity index (χ0n) is 17.4. The molecule has 4 rings (SSSR count). The van der Waals surface area contributed by atoms with Crippen LogP contribution in [0.1, 0.15) is 24.1 Å². The van der Waals surface area contributed by atoms with Crippen molar-refractivity contribution in [2.24, 2.45) is 0 Å². The summed E-state index contributed by atoms with van der Waals surface area (Å²) in [5.74, 6) is -0.762. The smallest absolute Gasteiger partial charge is 0.387 e. The highest BCUT2D eigenvalue weighted by Crippen LogP contribution is 2.35. The van der Waals surface area contributed by atoms with Gasteiger partial charge >= 0.3 is 18.6 Å². The van der Waals surface area contributed by atoms with Gasteiger partial charge in [0.2, 0.25) is 0 Å². The Hall–Kier alpha value is -3.62. The van der Waals surface area contributed by atoms with Crippen LogP contribution in [-0.4, -0.2) is 38.3 Å². The normalized spacial score (nSPS) is 17.7. The molecule has 32 heavy (non-hydrogen) atoms. The fourth-order valence-electron chi connectivity index (χ4n) is 4.11. The molecule has 0 aliphatic carbocycles. The van der Waals surface area contributed by atoms with E-state index in [-0.39, 0.29) is 30.0 Å². The maximum Gasteiger partial charge on any atom is 0.387 e.